The summed E-state index contributed by atoms with van der Waals surface area (Å²) in [7, 11) is 2.20. The van der Waals surface area contributed by atoms with Crippen molar-refractivity contribution < 1.29 is 60.0 Å². The SMILES string of the molecule is CC(C)N(C)CC1COC2(COCCN(Cc3ccco3)C2)C1.O=C(O)C(F)(F)F.O=C(O)C(F)(F)F. The van der Waals surface area contributed by atoms with E-state index in [-0.39, 0.29) is 5.60 Å². The van der Waals surface area contributed by atoms with E-state index in [4.69, 9.17) is 33.7 Å². The van der Waals surface area contributed by atoms with Crippen molar-refractivity contribution in [2.75, 3.05) is 46.5 Å². The van der Waals surface area contributed by atoms with Crippen LogP contribution in [0, 0.1) is 5.92 Å². The van der Waals surface area contributed by atoms with Crippen LogP contribution < -0.4 is 0 Å². The highest BCUT2D eigenvalue weighted by Gasteiger charge is 2.43. The van der Waals surface area contributed by atoms with Gasteiger partial charge in [-0.15, -0.1) is 0 Å². The number of hydrogen-bond donors (Lipinski definition) is 2. The molecule has 2 atom stereocenters. The maximum absolute atomic E-state index is 10.6. The predicted octanol–water partition coefficient (Wildman–Crippen LogP) is 3.49. The molecule has 15 heteroatoms. The van der Waals surface area contributed by atoms with E-state index in [1.54, 1.807) is 6.26 Å². The predicted molar refractivity (Wildman–Crippen MR) is 117 cm³/mol. The van der Waals surface area contributed by atoms with Gasteiger partial charge >= 0.3 is 24.3 Å². The Morgan fingerprint density at radius 2 is 1.73 bits per heavy atom. The third-order valence-corrected chi connectivity index (χ3v) is 5.59. The molecule has 2 N–H and O–H groups in total. The fourth-order valence-corrected chi connectivity index (χ4v) is 3.63. The standard InChI is InChI=1S/C18H30N2O3.2C2HF3O2/c1-15(2)19(3)10-16-9-18(23-12-16)13-20(6-8-21-14-18)11-17-5-4-7-22-17;2*3-2(4,5)1(6)7/h4-5,7,15-16H,6,8-14H2,1-3H3;2*(H,6,7). The zero-order chi connectivity index (χ0) is 28.4. The van der Waals surface area contributed by atoms with Crippen molar-refractivity contribution in [2.45, 2.75) is 50.8 Å². The molecule has 1 aromatic rings. The maximum Gasteiger partial charge on any atom is 0.490 e. The van der Waals surface area contributed by atoms with E-state index in [2.05, 4.69) is 30.7 Å². The maximum atomic E-state index is 10.6. The Morgan fingerprint density at radius 3 is 2.19 bits per heavy atom. The highest BCUT2D eigenvalue weighted by Crippen LogP contribution is 2.33. The van der Waals surface area contributed by atoms with Crippen LogP contribution in [0.2, 0.25) is 0 Å². The van der Waals surface area contributed by atoms with Crippen molar-refractivity contribution in [2.24, 2.45) is 5.92 Å². The van der Waals surface area contributed by atoms with Gasteiger partial charge < -0.3 is 29.0 Å². The summed E-state index contributed by atoms with van der Waals surface area (Å²) >= 11 is 0. The molecule has 0 bridgehead atoms. The fraction of sp³-hybridized carbons (Fsp3) is 0.727. The minimum absolute atomic E-state index is 0.147. The van der Waals surface area contributed by atoms with Gasteiger partial charge in [0.1, 0.15) is 11.4 Å². The highest BCUT2D eigenvalue weighted by atomic mass is 19.4. The molecule has 0 saturated carbocycles. The largest absolute Gasteiger partial charge is 0.490 e. The second kappa shape index (κ2) is 14.0. The lowest BCUT2D eigenvalue weighted by molar-refractivity contribution is -0.193. The first-order valence-electron chi connectivity index (χ1n) is 11.2. The van der Waals surface area contributed by atoms with Crippen LogP contribution in [-0.2, 0) is 25.6 Å². The zero-order valence-electron chi connectivity index (χ0n) is 20.6. The number of halogens is 6. The van der Waals surface area contributed by atoms with Crippen LogP contribution in [0.4, 0.5) is 26.3 Å². The molecular weight excluding hydrogens is 518 g/mol. The normalized spacial score (nSPS) is 22.7. The summed E-state index contributed by atoms with van der Waals surface area (Å²) in [6, 6.07) is 4.56. The molecule has 3 rings (SSSR count). The number of rotatable bonds is 5. The highest BCUT2D eigenvalue weighted by molar-refractivity contribution is 5.73. The molecule has 3 heterocycles. The summed E-state index contributed by atoms with van der Waals surface area (Å²) in [5.41, 5.74) is -0.147. The van der Waals surface area contributed by atoms with Gasteiger partial charge in [-0.05, 0) is 45.4 Å². The first kappa shape index (κ1) is 32.7. The molecule has 0 aromatic carbocycles. The summed E-state index contributed by atoms with van der Waals surface area (Å²) in [5, 5.41) is 14.2. The summed E-state index contributed by atoms with van der Waals surface area (Å²) in [6.45, 7) is 10.6. The zero-order valence-corrected chi connectivity index (χ0v) is 20.6. The Balaban J connectivity index is 0.000000404. The van der Waals surface area contributed by atoms with Crippen molar-refractivity contribution in [3.05, 3.63) is 24.2 Å². The molecule has 37 heavy (non-hydrogen) atoms. The van der Waals surface area contributed by atoms with E-state index in [1.165, 1.54) is 0 Å². The van der Waals surface area contributed by atoms with Crippen molar-refractivity contribution in [1.29, 1.82) is 0 Å². The molecule has 1 aromatic heterocycles. The van der Waals surface area contributed by atoms with Gasteiger partial charge in [-0.25, -0.2) is 9.59 Å². The van der Waals surface area contributed by atoms with E-state index in [0.29, 0.717) is 18.6 Å². The number of nitrogens with zero attached hydrogens (tertiary/aromatic N) is 2. The number of furan rings is 1. The molecule has 2 aliphatic rings. The molecule has 214 valence electrons. The van der Waals surface area contributed by atoms with Crippen LogP contribution in [0.1, 0.15) is 26.0 Å². The first-order chi connectivity index (χ1) is 16.9. The van der Waals surface area contributed by atoms with Gasteiger partial charge in [-0.3, -0.25) is 4.90 Å². The molecule has 0 aliphatic carbocycles. The van der Waals surface area contributed by atoms with Crippen LogP contribution in [0.25, 0.3) is 0 Å². The molecular formula is C22H32F6N2O7. The van der Waals surface area contributed by atoms with E-state index in [1.807, 2.05) is 12.1 Å². The number of alkyl halides is 6. The Hall–Kier alpha value is -2.36. The van der Waals surface area contributed by atoms with E-state index in [9.17, 15) is 26.3 Å². The summed E-state index contributed by atoms with van der Waals surface area (Å²) < 4.78 is 81.1. The fourth-order valence-electron chi connectivity index (χ4n) is 3.63. The average molecular weight is 550 g/mol. The van der Waals surface area contributed by atoms with Gasteiger partial charge in [-0.1, -0.05) is 0 Å². The van der Waals surface area contributed by atoms with Crippen LogP contribution in [0.15, 0.2) is 22.8 Å². The molecule has 2 fully saturated rings. The number of aliphatic carboxylic acids is 2. The van der Waals surface area contributed by atoms with Gasteiger partial charge in [0.25, 0.3) is 0 Å². The number of carboxylic acids is 2. The first-order valence-corrected chi connectivity index (χ1v) is 11.2. The molecule has 2 aliphatic heterocycles. The monoisotopic (exact) mass is 550 g/mol. The quantitative estimate of drug-likeness (QED) is 0.532. The van der Waals surface area contributed by atoms with Gasteiger partial charge in [-0.2, -0.15) is 26.3 Å². The van der Waals surface area contributed by atoms with Gasteiger partial charge in [0, 0.05) is 25.7 Å². The number of ether oxygens (including phenoxy) is 2. The van der Waals surface area contributed by atoms with E-state index in [0.717, 1.165) is 51.6 Å². The number of carbonyl (C=O) groups is 2. The lowest BCUT2D eigenvalue weighted by atomic mass is 9.93. The Morgan fingerprint density at radius 1 is 1.16 bits per heavy atom. The lowest BCUT2D eigenvalue weighted by Gasteiger charge is -2.31. The molecule has 2 saturated heterocycles. The molecule has 0 radical (unpaired) electrons. The van der Waals surface area contributed by atoms with Crippen LogP contribution in [0.3, 0.4) is 0 Å². The smallest absolute Gasteiger partial charge is 0.475 e. The van der Waals surface area contributed by atoms with Crippen LogP contribution in [-0.4, -0.2) is 102 Å². The second-order valence-corrected chi connectivity index (χ2v) is 9.05. The molecule has 2 unspecified atom stereocenters. The lowest BCUT2D eigenvalue weighted by Crippen LogP contribution is -2.44. The summed E-state index contributed by atoms with van der Waals surface area (Å²) in [6.07, 6.45) is -7.35. The second-order valence-electron chi connectivity index (χ2n) is 9.05. The Kier molecular flexibility index (Phi) is 12.3. The van der Waals surface area contributed by atoms with Crippen molar-refractivity contribution in [3.63, 3.8) is 0 Å². The van der Waals surface area contributed by atoms with E-state index >= 15 is 0 Å². The van der Waals surface area contributed by atoms with Crippen molar-refractivity contribution in [1.82, 2.24) is 9.80 Å². The minimum atomic E-state index is -5.08. The third-order valence-electron chi connectivity index (χ3n) is 5.59. The summed E-state index contributed by atoms with van der Waals surface area (Å²) in [5.74, 6) is -3.91. The third kappa shape index (κ3) is 12.2. The van der Waals surface area contributed by atoms with Crippen LogP contribution >= 0.6 is 0 Å². The van der Waals surface area contributed by atoms with Gasteiger partial charge in [0.2, 0.25) is 0 Å². The van der Waals surface area contributed by atoms with Crippen molar-refractivity contribution >= 4 is 11.9 Å². The summed E-state index contributed by atoms with van der Waals surface area (Å²) in [4.78, 5) is 22.6. The van der Waals surface area contributed by atoms with Crippen LogP contribution in [0.5, 0.6) is 0 Å². The number of hydrogen-bond acceptors (Lipinski definition) is 7. The minimum Gasteiger partial charge on any atom is -0.475 e. The van der Waals surface area contributed by atoms with Crippen molar-refractivity contribution in [3.8, 4) is 0 Å². The number of carboxylic acid groups (broad SMARTS) is 2. The Labute approximate surface area is 209 Å². The molecule has 0 amide bonds. The van der Waals surface area contributed by atoms with E-state index < -0.39 is 24.3 Å². The topological polar surface area (TPSA) is 113 Å². The van der Waals surface area contributed by atoms with Gasteiger partial charge in [0.05, 0.1) is 32.6 Å². The average Bonchev–Trinajstić information content (AvgIpc) is 3.36. The molecule has 9 nitrogen and oxygen atoms in total. The van der Waals surface area contributed by atoms with Gasteiger partial charge in [0.15, 0.2) is 0 Å². The molecule has 1 spiro atoms. The Bertz CT molecular complexity index is 808.